The fourth-order valence-corrected chi connectivity index (χ4v) is 4.30. The van der Waals surface area contributed by atoms with Gasteiger partial charge in [-0.15, -0.1) is 0 Å². The number of aryl methyl sites for hydroxylation is 5. The van der Waals surface area contributed by atoms with E-state index in [0.29, 0.717) is 0 Å². The van der Waals surface area contributed by atoms with Gasteiger partial charge in [0.05, 0.1) is 11.4 Å². The highest BCUT2D eigenvalue weighted by Crippen LogP contribution is 2.30. The van der Waals surface area contributed by atoms with Gasteiger partial charge in [0.2, 0.25) is 0 Å². The van der Waals surface area contributed by atoms with Gasteiger partial charge in [-0.05, 0) is 62.4 Å². The predicted molar refractivity (Wildman–Crippen MR) is 133 cm³/mol. The Balaban J connectivity index is 1.50. The van der Waals surface area contributed by atoms with Crippen LogP contribution < -0.4 is 5.32 Å². The number of imidazole rings is 1. The number of fused-ring (bicyclic) bond motifs is 1. The summed E-state index contributed by atoms with van der Waals surface area (Å²) in [5.74, 6) is 1.87. The van der Waals surface area contributed by atoms with Gasteiger partial charge in [-0.2, -0.15) is 0 Å². The minimum absolute atomic E-state index is 0.748. The standard InChI is InChI=1S/C28H28N4O/c1-19-9-11-22(12-10-19)13-14-25-28(29-18-23-7-5-4-6-8-23)32-16-15-24(17-26(32)30-25)27-20(2)31-33-21(27)3/h4-12,15-17,29H,13-14,18H2,1-3H3. The molecule has 3 aromatic heterocycles. The van der Waals surface area contributed by atoms with Crippen LogP contribution in [-0.4, -0.2) is 14.5 Å². The quantitative estimate of drug-likeness (QED) is 0.325. The van der Waals surface area contributed by atoms with Gasteiger partial charge in [-0.3, -0.25) is 4.40 Å². The van der Waals surface area contributed by atoms with Crippen LogP contribution in [0.5, 0.6) is 0 Å². The Kier molecular flexibility index (Phi) is 5.69. The second-order valence-corrected chi connectivity index (χ2v) is 8.57. The van der Waals surface area contributed by atoms with Crippen molar-refractivity contribution in [3.05, 3.63) is 107 Å². The predicted octanol–water partition coefficient (Wildman–Crippen LogP) is 6.31. The van der Waals surface area contributed by atoms with E-state index in [2.05, 4.69) is 88.7 Å². The van der Waals surface area contributed by atoms with Crippen molar-refractivity contribution >= 4 is 11.5 Å². The molecule has 0 aliphatic rings. The lowest BCUT2D eigenvalue weighted by Crippen LogP contribution is -2.05. The molecule has 0 aliphatic carbocycles. The molecule has 0 fully saturated rings. The fourth-order valence-electron chi connectivity index (χ4n) is 4.30. The molecule has 33 heavy (non-hydrogen) atoms. The van der Waals surface area contributed by atoms with E-state index in [4.69, 9.17) is 9.51 Å². The van der Waals surface area contributed by atoms with Crippen LogP contribution in [0.15, 0.2) is 77.4 Å². The molecule has 5 heteroatoms. The Morgan fingerprint density at radius 2 is 1.67 bits per heavy atom. The third-order valence-electron chi connectivity index (χ3n) is 6.09. The summed E-state index contributed by atoms with van der Waals surface area (Å²) in [5.41, 5.74) is 8.84. The molecule has 0 spiro atoms. The van der Waals surface area contributed by atoms with E-state index in [9.17, 15) is 0 Å². The summed E-state index contributed by atoms with van der Waals surface area (Å²) in [4.78, 5) is 5.04. The van der Waals surface area contributed by atoms with Crippen LogP contribution in [0.1, 0.15) is 33.8 Å². The van der Waals surface area contributed by atoms with E-state index in [1.807, 2.05) is 19.9 Å². The molecule has 0 amide bonds. The van der Waals surface area contributed by atoms with Crippen molar-refractivity contribution < 1.29 is 4.52 Å². The van der Waals surface area contributed by atoms with E-state index < -0.39 is 0 Å². The Morgan fingerprint density at radius 3 is 2.39 bits per heavy atom. The van der Waals surface area contributed by atoms with E-state index in [0.717, 1.165) is 59.1 Å². The fraction of sp³-hybridized carbons (Fsp3) is 0.214. The van der Waals surface area contributed by atoms with Crippen LogP contribution in [-0.2, 0) is 19.4 Å². The molecule has 0 unspecified atom stereocenters. The van der Waals surface area contributed by atoms with Crippen molar-refractivity contribution in [2.24, 2.45) is 0 Å². The molecule has 0 bridgehead atoms. The first-order valence-electron chi connectivity index (χ1n) is 11.4. The molecule has 0 atom stereocenters. The average Bonchev–Trinajstić information content (AvgIpc) is 3.36. The third-order valence-corrected chi connectivity index (χ3v) is 6.09. The number of hydrogen-bond acceptors (Lipinski definition) is 4. The monoisotopic (exact) mass is 436 g/mol. The van der Waals surface area contributed by atoms with Crippen LogP contribution >= 0.6 is 0 Å². The maximum absolute atomic E-state index is 5.38. The van der Waals surface area contributed by atoms with Crippen LogP contribution in [0.2, 0.25) is 0 Å². The van der Waals surface area contributed by atoms with Crippen molar-refractivity contribution in [1.29, 1.82) is 0 Å². The maximum Gasteiger partial charge on any atom is 0.141 e. The maximum atomic E-state index is 5.38. The average molecular weight is 437 g/mol. The second-order valence-electron chi connectivity index (χ2n) is 8.57. The zero-order valence-electron chi connectivity index (χ0n) is 19.3. The van der Waals surface area contributed by atoms with Crippen LogP contribution in [0, 0.1) is 20.8 Å². The normalized spacial score (nSPS) is 11.2. The van der Waals surface area contributed by atoms with Gasteiger partial charge in [0, 0.05) is 18.3 Å². The van der Waals surface area contributed by atoms with Gasteiger partial charge in [0.25, 0.3) is 0 Å². The van der Waals surface area contributed by atoms with E-state index in [1.165, 1.54) is 16.7 Å². The first-order valence-corrected chi connectivity index (χ1v) is 11.4. The van der Waals surface area contributed by atoms with Crippen molar-refractivity contribution in [2.45, 2.75) is 40.2 Å². The molecule has 1 N–H and O–H groups in total. The third kappa shape index (κ3) is 4.40. The lowest BCUT2D eigenvalue weighted by atomic mass is 10.1. The van der Waals surface area contributed by atoms with Crippen molar-refractivity contribution in [2.75, 3.05) is 5.32 Å². The SMILES string of the molecule is Cc1ccc(CCc2nc3cc(-c4c(C)noc4C)ccn3c2NCc2ccccc2)cc1. The van der Waals surface area contributed by atoms with Crippen LogP contribution in [0.25, 0.3) is 16.8 Å². The highest BCUT2D eigenvalue weighted by Gasteiger charge is 2.16. The van der Waals surface area contributed by atoms with Crippen molar-refractivity contribution in [1.82, 2.24) is 14.5 Å². The van der Waals surface area contributed by atoms with Gasteiger partial charge >= 0.3 is 0 Å². The van der Waals surface area contributed by atoms with Crippen LogP contribution in [0.3, 0.4) is 0 Å². The largest absolute Gasteiger partial charge is 0.366 e. The van der Waals surface area contributed by atoms with E-state index in [1.54, 1.807) is 0 Å². The lowest BCUT2D eigenvalue weighted by Gasteiger charge is -2.10. The first kappa shape index (κ1) is 21.0. The molecule has 2 aromatic carbocycles. The second kappa shape index (κ2) is 8.94. The van der Waals surface area contributed by atoms with Gasteiger partial charge in [-0.25, -0.2) is 4.98 Å². The Bertz CT molecular complexity index is 1360. The Hall–Kier alpha value is -3.86. The lowest BCUT2D eigenvalue weighted by molar-refractivity contribution is 0.393. The smallest absolute Gasteiger partial charge is 0.141 e. The van der Waals surface area contributed by atoms with Gasteiger partial charge < -0.3 is 9.84 Å². The number of hydrogen-bond donors (Lipinski definition) is 1. The van der Waals surface area contributed by atoms with Crippen molar-refractivity contribution in [3.63, 3.8) is 0 Å². The van der Waals surface area contributed by atoms with E-state index >= 15 is 0 Å². The summed E-state index contributed by atoms with van der Waals surface area (Å²) in [7, 11) is 0. The molecule has 0 saturated heterocycles. The number of nitrogens with one attached hydrogen (secondary N) is 1. The number of pyridine rings is 1. The van der Waals surface area contributed by atoms with Crippen molar-refractivity contribution in [3.8, 4) is 11.1 Å². The highest BCUT2D eigenvalue weighted by atomic mass is 16.5. The molecule has 0 saturated carbocycles. The van der Waals surface area contributed by atoms with Gasteiger partial charge in [-0.1, -0.05) is 65.3 Å². The minimum Gasteiger partial charge on any atom is -0.366 e. The molecule has 166 valence electrons. The summed E-state index contributed by atoms with van der Waals surface area (Å²) in [5, 5.41) is 7.76. The molecule has 5 nitrogen and oxygen atoms in total. The summed E-state index contributed by atoms with van der Waals surface area (Å²) in [6.45, 7) is 6.79. The summed E-state index contributed by atoms with van der Waals surface area (Å²) >= 11 is 0. The number of anilines is 1. The summed E-state index contributed by atoms with van der Waals surface area (Å²) < 4.78 is 7.53. The van der Waals surface area contributed by atoms with E-state index in [-0.39, 0.29) is 0 Å². The number of benzene rings is 2. The van der Waals surface area contributed by atoms with Crippen LogP contribution in [0.4, 0.5) is 5.82 Å². The molecule has 5 rings (SSSR count). The zero-order valence-corrected chi connectivity index (χ0v) is 19.3. The molecular weight excluding hydrogens is 408 g/mol. The summed E-state index contributed by atoms with van der Waals surface area (Å²) in [6, 6.07) is 23.4. The number of nitrogens with zero attached hydrogens (tertiary/aromatic N) is 3. The minimum atomic E-state index is 0.748. The first-order chi connectivity index (χ1) is 16.1. The highest BCUT2D eigenvalue weighted by molar-refractivity contribution is 5.72. The Morgan fingerprint density at radius 1 is 0.879 bits per heavy atom. The molecule has 5 aromatic rings. The topological polar surface area (TPSA) is 55.4 Å². The molecule has 0 aliphatic heterocycles. The van der Waals surface area contributed by atoms with Gasteiger partial charge in [0.15, 0.2) is 0 Å². The van der Waals surface area contributed by atoms with Gasteiger partial charge in [0.1, 0.15) is 17.2 Å². The number of rotatable bonds is 7. The molecule has 0 radical (unpaired) electrons. The molecule has 3 heterocycles. The number of aromatic nitrogens is 3. The summed E-state index contributed by atoms with van der Waals surface area (Å²) in [6.07, 6.45) is 3.90. The molecular formula is C28H28N4O. The Labute approximate surface area is 194 Å². The zero-order chi connectivity index (χ0) is 22.8.